The number of benzene rings is 1. The molecule has 0 heterocycles. The molecule has 0 fully saturated rings. The molecule has 0 bridgehead atoms. The van der Waals surface area contributed by atoms with Gasteiger partial charge in [0.15, 0.2) is 0 Å². The number of carbonyl (C=O) groups is 1. The Morgan fingerprint density at radius 2 is 2.05 bits per heavy atom. The van der Waals surface area contributed by atoms with Gasteiger partial charge in [0.05, 0.1) is 9.82 Å². The van der Waals surface area contributed by atoms with Gasteiger partial charge in [0.2, 0.25) is 0 Å². The average molecular weight is 296 g/mol. The number of thioether (sulfide) groups is 1. The zero-order valence-electron chi connectivity index (χ0n) is 12.0. The lowest BCUT2D eigenvalue weighted by atomic mass is 10.0. The van der Waals surface area contributed by atoms with E-state index >= 15 is 0 Å². The summed E-state index contributed by atoms with van der Waals surface area (Å²) in [6.45, 7) is 4.76. The van der Waals surface area contributed by atoms with Crippen molar-refractivity contribution >= 4 is 23.4 Å². The number of hydrogen-bond acceptors (Lipinski definition) is 4. The Kier molecular flexibility index (Phi) is 6.51. The van der Waals surface area contributed by atoms with Crippen LogP contribution >= 0.6 is 11.8 Å². The van der Waals surface area contributed by atoms with Crippen LogP contribution in [0.5, 0.6) is 0 Å². The summed E-state index contributed by atoms with van der Waals surface area (Å²) >= 11 is 1.30. The van der Waals surface area contributed by atoms with E-state index in [1.807, 2.05) is 0 Å². The van der Waals surface area contributed by atoms with E-state index in [9.17, 15) is 14.9 Å². The standard InChI is InChI=1S/C14H20N2O3S/c1-4-10(5-2)9-15-14(17)11-6-7-13(20-3)12(8-11)16(18)19/h6-8,10H,4-5,9H2,1-3H3,(H,15,17). The minimum atomic E-state index is -0.455. The molecule has 0 atom stereocenters. The molecule has 5 nitrogen and oxygen atoms in total. The molecule has 1 aromatic carbocycles. The zero-order chi connectivity index (χ0) is 15.1. The molecule has 0 aliphatic heterocycles. The Bertz CT molecular complexity index is 487. The molecule has 0 aliphatic rings. The Morgan fingerprint density at radius 1 is 1.40 bits per heavy atom. The predicted molar refractivity (Wildman–Crippen MR) is 81.3 cm³/mol. The molecule has 6 heteroatoms. The van der Waals surface area contributed by atoms with Crippen LogP contribution in [0.15, 0.2) is 23.1 Å². The second kappa shape index (κ2) is 7.89. The van der Waals surface area contributed by atoms with Crippen LogP contribution in [0.4, 0.5) is 5.69 Å². The number of nitrogens with one attached hydrogen (secondary N) is 1. The van der Waals surface area contributed by atoms with E-state index in [2.05, 4.69) is 19.2 Å². The molecular weight excluding hydrogens is 276 g/mol. The lowest BCUT2D eigenvalue weighted by Gasteiger charge is -2.13. The molecule has 0 radical (unpaired) electrons. The molecule has 0 aliphatic carbocycles. The van der Waals surface area contributed by atoms with Crippen LogP contribution in [-0.4, -0.2) is 23.6 Å². The third-order valence-corrected chi connectivity index (χ3v) is 4.13. The van der Waals surface area contributed by atoms with Crippen molar-refractivity contribution in [1.82, 2.24) is 5.32 Å². The SMILES string of the molecule is CCC(CC)CNC(=O)c1ccc(SC)c([N+](=O)[O-])c1. The van der Waals surface area contributed by atoms with Crippen LogP contribution in [0, 0.1) is 16.0 Å². The Morgan fingerprint density at radius 3 is 2.55 bits per heavy atom. The highest BCUT2D eigenvalue weighted by Crippen LogP contribution is 2.28. The summed E-state index contributed by atoms with van der Waals surface area (Å²) in [7, 11) is 0. The topological polar surface area (TPSA) is 72.2 Å². The van der Waals surface area contributed by atoms with E-state index in [1.165, 1.54) is 17.8 Å². The molecule has 1 N–H and O–H groups in total. The van der Waals surface area contributed by atoms with Crippen molar-refractivity contribution in [2.24, 2.45) is 5.92 Å². The van der Waals surface area contributed by atoms with Gasteiger partial charge in [-0.2, -0.15) is 0 Å². The minimum Gasteiger partial charge on any atom is -0.352 e. The summed E-state index contributed by atoms with van der Waals surface area (Å²) < 4.78 is 0. The van der Waals surface area contributed by atoms with E-state index in [1.54, 1.807) is 18.4 Å². The van der Waals surface area contributed by atoms with Crippen LogP contribution in [0.2, 0.25) is 0 Å². The second-order valence-corrected chi connectivity index (χ2v) is 5.38. The van der Waals surface area contributed by atoms with Crippen molar-refractivity contribution in [2.75, 3.05) is 12.8 Å². The molecule has 20 heavy (non-hydrogen) atoms. The molecule has 1 rings (SSSR count). The van der Waals surface area contributed by atoms with Crippen LogP contribution < -0.4 is 5.32 Å². The van der Waals surface area contributed by atoms with Crippen molar-refractivity contribution in [3.63, 3.8) is 0 Å². The maximum atomic E-state index is 12.0. The fourth-order valence-corrected chi connectivity index (χ4v) is 2.44. The average Bonchev–Trinajstić information content (AvgIpc) is 2.47. The molecule has 0 saturated heterocycles. The van der Waals surface area contributed by atoms with Gasteiger partial charge >= 0.3 is 0 Å². The smallest absolute Gasteiger partial charge is 0.283 e. The third-order valence-electron chi connectivity index (χ3n) is 3.34. The maximum Gasteiger partial charge on any atom is 0.283 e. The van der Waals surface area contributed by atoms with Gasteiger partial charge < -0.3 is 5.32 Å². The van der Waals surface area contributed by atoms with E-state index < -0.39 is 4.92 Å². The number of nitro groups is 1. The highest BCUT2D eigenvalue weighted by Gasteiger charge is 2.17. The van der Waals surface area contributed by atoms with Crippen LogP contribution in [0.25, 0.3) is 0 Å². The van der Waals surface area contributed by atoms with E-state index in [4.69, 9.17) is 0 Å². The number of carbonyl (C=O) groups excluding carboxylic acids is 1. The van der Waals surface area contributed by atoms with E-state index in [0.29, 0.717) is 22.9 Å². The van der Waals surface area contributed by atoms with Crippen LogP contribution in [0.1, 0.15) is 37.0 Å². The van der Waals surface area contributed by atoms with Crippen molar-refractivity contribution in [1.29, 1.82) is 0 Å². The minimum absolute atomic E-state index is 0.0207. The van der Waals surface area contributed by atoms with Gasteiger partial charge in [-0.1, -0.05) is 26.7 Å². The first-order chi connectivity index (χ1) is 9.53. The molecule has 0 saturated carbocycles. The summed E-state index contributed by atoms with van der Waals surface area (Å²) in [5.41, 5.74) is 0.313. The van der Waals surface area contributed by atoms with Gasteiger partial charge in [0.25, 0.3) is 11.6 Å². The first kappa shape index (κ1) is 16.5. The number of hydrogen-bond donors (Lipinski definition) is 1. The fraction of sp³-hybridized carbons (Fsp3) is 0.500. The van der Waals surface area contributed by atoms with Crippen LogP contribution in [0.3, 0.4) is 0 Å². The van der Waals surface area contributed by atoms with Gasteiger partial charge in [-0.3, -0.25) is 14.9 Å². The lowest BCUT2D eigenvalue weighted by Crippen LogP contribution is -2.28. The molecule has 0 unspecified atom stereocenters. The van der Waals surface area contributed by atoms with E-state index in [-0.39, 0.29) is 11.6 Å². The zero-order valence-corrected chi connectivity index (χ0v) is 12.8. The quantitative estimate of drug-likeness (QED) is 0.475. The summed E-state index contributed by atoms with van der Waals surface area (Å²) in [6.07, 6.45) is 3.78. The summed E-state index contributed by atoms with van der Waals surface area (Å²) in [6, 6.07) is 4.59. The number of nitro benzene ring substituents is 1. The highest BCUT2D eigenvalue weighted by molar-refractivity contribution is 7.98. The molecule has 110 valence electrons. The second-order valence-electron chi connectivity index (χ2n) is 4.54. The highest BCUT2D eigenvalue weighted by atomic mass is 32.2. The largest absolute Gasteiger partial charge is 0.352 e. The lowest BCUT2D eigenvalue weighted by molar-refractivity contribution is -0.387. The number of amides is 1. The Hall–Kier alpha value is -1.56. The van der Waals surface area contributed by atoms with Gasteiger partial charge in [0.1, 0.15) is 0 Å². The first-order valence-corrected chi connectivity index (χ1v) is 7.86. The fourth-order valence-electron chi connectivity index (χ4n) is 1.89. The predicted octanol–water partition coefficient (Wildman–Crippen LogP) is 3.48. The van der Waals surface area contributed by atoms with Gasteiger partial charge in [-0.25, -0.2) is 0 Å². The van der Waals surface area contributed by atoms with Crippen molar-refractivity contribution in [2.45, 2.75) is 31.6 Å². The Labute approximate surface area is 123 Å². The molecule has 1 aromatic rings. The summed E-state index contributed by atoms with van der Waals surface area (Å²) in [4.78, 5) is 23.1. The number of rotatable bonds is 7. The van der Waals surface area contributed by atoms with Crippen molar-refractivity contribution in [3.8, 4) is 0 Å². The molecule has 1 amide bonds. The molecular formula is C14H20N2O3S. The van der Waals surface area contributed by atoms with Crippen LogP contribution in [-0.2, 0) is 0 Å². The third kappa shape index (κ3) is 4.23. The van der Waals surface area contributed by atoms with E-state index in [0.717, 1.165) is 12.8 Å². The summed E-state index contributed by atoms with van der Waals surface area (Å²) in [5.74, 6) is 0.187. The Balaban J connectivity index is 2.83. The van der Waals surface area contributed by atoms with Gasteiger partial charge in [-0.05, 0) is 24.3 Å². The molecule has 0 aromatic heterocycles. The maximum absolute atomic E-state index is 12.0. The number of nitrogens with zero attached hydrogens (tertiary/aromatic N) is 1. The monoisotopic (exact) mass is 296 g/mol. The normalized spacial score (nSPS) is 10.6. The summed E-state index contributed by atoms with van der Waals surface area (Å²) in [5, 5.41) is 13.8. The first-order valence-electron chi connectivity index (χ1n) is 6.64. The van der Waals surface area contributed by atoms with Crippen molar-refractivity contribution < 1.29 is 9.72 Å². The van der Waals surface area contributed by atoms with Gasteiger partial charge in [-0.15, -0.1) is 11.8 Å². The molecule has 0 spiro atoms. The van der Waals surface area contributed by atoms with Crippen molar-refractivity contribution in [3.05, 3.63) is 33.9 Å². The van der Waals surface area contributed by atoms with Gasteiger partial charge in [0, 0.05) is 18.2 Å².